The molecule has 0 radical (unpaired) electrons. The zero-order chi connectivity index (χ0) is 34.3. The smallest absolute Gasteiger partial charge is 0.338 e. The molecule has 5 unspecified atom stereocenters. The minimum absolute atomic E-state index is 0.0146. The van der Waals surface area contributed by atoms with Crippen LogP contribution in [0.25, 0.3) is 0 Å². The van der Waals surface area contributed by atoms with Crippen LogP contribution in [0.5, 0.6) is 0 Å². The number of hydrogen-bond acceptors (Lipinski definition) is 10. The molecular formula is C39H44O10. The summed E-state index contributed by atoms with van der Waals surface area (Å²) in [6, 6.07) is 27.3. The van der Waals surface area contributed by atoms with Gasteiger partial charge in [0.15, 0.2) is 25.0 Å². The van der Waals surface area contributed by atoms with Crippen LogP contribution in [0.15, 0.2) is 104 Å². The molecule has 260 valence electrons. The minimum Gasteiger partial charge on any atom is -0.459 e. The van der Waals surface area contributed by atoms with Gasteiger partial charge in [-0.15, -0.1) is 6.58 Å². The molecular weight excluding hydrogens is 628 g/mol. The summed E-state index contributed by atoms with van der Waals surface area (Å²) in [7, 11) is 0. The Morgan fingerprint density at radius 2 is 1.39 bits per heavy atom. The van der Waals surface area contributed by atoms with Crippen LogP contribution in [-0.2, 0) is 37.9 Å². The van der Waals surface area contributed by atoms with Crippen LogP contribution in [0.2, 0.25) is 0 Å². The number of benzene rings is 3. The summed E-state index contributed by atoms with van der Waals surface area (Å²) in [4.78, 5) is 26.3. The molecule has 10 heteroatoms. The van der Waals surface area contributed by atoms with E-state index < -0.39 is 61.3 Å². The molecule has 11 atom stereocenters. The van der Waals surface area contributed by atoms with Crippen molar-refractivity contribution in [1.29, 1.82) is 0 Å². The summed E-state index contributed by atoms with van der Waals surface area (Å²) >= 11 is 0. The zero-order valence-corrected chi connectivity index (χ0v) is 28.0. The van der Waals surface area contributed by atoms with Crippen molar-refractivity contribution in [2.24, 2.45) is 17.8 Å². The van der Waals surface area contributed by atoms with E-state index in [9.17, 15) is 9.59 Å². The third-order valence-electron chi connectivity index (χ3n) is 9.53. The fourth-order valence-corrected chi connectivity index (χ4v) is 6.50. The predicted molar refractivity (Wildman–Crippen MR) is 178 cm³/mol. The van der Waals surface area contributed by atoms with E-state index in [2.05, 4.69) is 6.58 Å². The lowest BCUT2D eigenvalue weighted by Crippen LogP contribution is -2.62. The first-order chi connectivity index (χ1) is 23.8. The Labute approximate surface area is 287 Å². The molecule has 0 spiro atoms. The number of esters is 2. The number of rotatable bonds is 11. The van der Waals surface area contributed by atoms with Gasteiger partial charge in [0, 0.05) is 17.4 Å². The molecule has 0 aromatic heterocycles. The number of hydrogen-bond donors (Lipinski definition) is 0. The zero-order valence-electron chi connectivity index (χ0n) is 28.0. The predicted octanol–water partition coefficient (Wildman–Crippen LogP) is 6.13. The maximum atomic E-state index is 13.4. The first-order valence-electron chi connectivity index (χ1n) is 16.8. The molecule has 3 saturated heterocycles. The molecule has 10 nitrogen and oxygen atoms in total. The summed E-state index contributed by atoms with van der Waals surface area (Å²) < 4.78 is 50.4. The summed E-state index contributed by atoms with van der Waals surface area (Å²) in [6.07, 6.45) is -3.73. The van der Waals surface area contributed by atoms with Crippen LogP contribution in [-0.4, -0.2) is 74.9 Å². The van der Waals surface area contributed by atoms with Crippen molar-refractivity contribution in [2.45, 2.75) is 70.2 Å². The van der Waals surface area contributed by atoms with E-state index in [1.165, 1.54) is 0 Å². The first-order valence-corrected chi connectivity index (χ1v) is 16.8. The van der Waals surface area contributed by atoms with E-state index in [-0.39, 0.29) is 37.6 Å². The molecule has 3 fully saturated rings. The van der Waals surface area contributed by atoms with E-state index in [4.69, 9.17) is 37.9 Å². The lowest BCUT2D eigenvalue weighted by Gasteiger charge is -2.51. The van der Waals surface area contributed by atoms with Crippen LogP contribution >= 0.6 is 0 Å². The van der Waals surface area contributed by atoms with Crippen molar-refractivity contribution in [1.82, 2.24) is 0 Å². The molecule has 3 aromatic rings. The summed E-state index contributed by atoms with van der Waals surface area (Å²) in [5.41, 5.74) is 1.72. The van der Waals surface area contributed by atoms with Crippen LogP contribution in [0.3, 0.4) is 0 Å². The van der Waals surface area contributed by atoms with Crippen molar-refractivity contribution in [2.75, 3.05) is 19.8 Å². The van der Waals surface area contributed by atoms with Gasteiger partial charge < -0.3 is 37.9 Å². The normalized spacial score (nSPS) is 32.8. The van der Waals surface area contributed by atoms with E-state index >= 15 is 0 Å². The van der Waals surface area contributed by atoms with Crippen molar-refractivity contribution in [3.05, 3.63) is 120 Å². The molecule has 0 bridgehead atoms. The summed E-state index contributed by atoms with van der Waals surface area (Å²) in [5, 5.41) is 0. The topological polar surface area (TPSA) is 108 Å². The maximum absolute atomic E-state index is 13.4. The molecule has 3 heterocycles. The fourth-order valence-electron chi connectivity index (χ4n) is 6.50. The molecule has 3 aliphatic rings. The van der Waals surface area contributed by atoms with Gasteiger partial charge in [-0.05, 0) is 30.2 Å². The van der Waals surface area contributed by atoms with Gasteiger partial charge in [0.1, 0.15) is 18.8 Å². The van der Waals surface area contributed by atoms with Crippen molar-refractivity contribution in [3.8, 4) is 0 Å². The van der Waals surface area contributed by atoms with Crippen LogP contribution < -0.4 is 0 Å². The molecule has 0 N–H and O–H groups in total. The van der Waals surface area contributed by atoms with Crippen LogP contribution in [0.1, 0.15) is 53.3 Å². The van der Waals surface area contributed by atoms with Crippen molar-refractivity contribution >= 4 is 11.9 Å². The molecule has 49 heavy (non-hydrogen) atoms. The Morgan fingerprint density at radius 3 is 2.04 bits per heavy atom. The van der Waals surface area contributed by atoms with E-state index in [0.29, 0.717) is 11.1 Å². The SMILES string of the molecule is C=CCO[C@H]1OC2COC(c3ccccc3)O[C@@H]2[C@H](O[C@@H]2OC(COC(=O)c3ccccc3)[C@H](C)[C@H](C)C2OC(=O)c2ccccc2)C1C. The Kier molecular flexibility index (Phi) is 11.6. The van der Waals surface area contributed by atoms with Gasteiger partial charge in [-0.2, -0.15) is 0 Å². The molecule has 6 rings (SSSR count). The largest absolute Gasteiger partial charge is 0.459 e. The molecule has 0 saturated carbocycles. The van der Waals surface area contributed by atoms with E-state index in [1.54, 1.807) is 54.6 Å². The Morgan fingerprint density at radius 1 is 0.755 bits per heavy atom. The third kappa shape index (κ3) is 8.12. The molecule has 0 aliphatic carbocycles. The lowest BCUT2D eigenvalue weighted by molar-refractivity contribution is -0.380. The highest BCUT2D eigenvalue weighted by atomic mass is 16.8. The first kappa shape index (κ1) is 34.9. The molecule has 3 aromatic carbocycles. The van der Waals surface area contributed by atoms with E-state index in [0.717, 1.165) is 5.56 Å². The van der Waals surface area contributed by atoms with Gasteiger partial charge in [0.05, 0.1) is 36.5 Å². The van der Waals surface area contributed by atoms with Crippen molar-refractivity contribution < 1.29 is 47.5 Å². The highest BCUT2D eigenvalue weighted by Crippen LogP contribution is 2.41. The van der Waals surface area contributed by atoms with Crippen molar-refractivity contribution in [3.63, 3.8) is 0 Å². The van der Waals surface area contributed by atoms with Gasteiger partial charge >= 0.3 is 11.9 Å². The average Bonchev–Trinajstić information content (AvgIpc) is 3.15. The number of carbonyl (C=O) groups is 2. The van der Waals surface area contributed by atoms with Crippen LogP contribution in [0.4, 0.5) is 0 Å². The summed E-state index contributed by atoms with van der Waals surface area (Å²) in [5.74, 6) is -1.69. The van der Waals surface area contributed by atoms with Crippen LogP contribution in [0, 0.1) is 17.8 Å². The summed E-state index contributed by atoms with van der Waals surface area (Å²) in [6.45, 7) is 10.2. The average molecular weight is 673 g/mol. The van der Waals surface area contributed by atoms with Gasteiger partial charge in [-0.3, -0.25) is 0 Å². The Bertz CT molecular complexity index is 1520. The second kappa shape index (κ2) is 16.2. The monoisotopic (exact) mass is 672 g/mol. The number of carbonyl (C=O) groups excluding carboxylic acids is 2. The maximum Gasteiger partial charge on any atom is 0.338 e. The quantitative estimate of drug-likeness (QED) is 0.174. The molecule has 3 aliphatic heterocycles. The molecule has 0 amide bonds. The number of ether oxygens (including phenoxy) is 8. The Hall–Kier alpha value is -3.90. The Balaban J connectivity index is 1.27. The van der Waals surface area contributed by atoms with Gasteiger partial charge in [-0.25, -0.2) is 9.59 Å². The third-order valence-corrected chi connectivity index (χ3v) is 9.53. The van der Waals surface area contributed by atoms with Gasteiger partial charge in [0.2, 0.25) is 0 Å². The second-order valence-electron chi connectivity index (χ2n) is 12.8. The van der Waals surface area contributed by atoms with E-state index in [1.807, 2.05) is 63.2 Å². The second-order valence-corrected chi connectivity index (χ2v) is 12.8. The number of fused-ring (bicyclic) bond motifs is 1. The standard InChI is InChI=1S/C39H44O10/c1-5-21-42-37-26(4)32(34-31(46-37)23-44-38(49-34)29-19-13-8-14-20-29)48-39-33(47-36(41)28-17-11-7-12-18-28)25(3)24(2)30(45-39)22-43-35(40)27-15-9-6-10-16-27/h5-20,24-26,30-34,37-39H,1,21-23H2,2-4H3/t24-,25+,26?,30?,31?,32-,33?,34+,37+,38?,39+/m1/s1. The fraction of sp³-hybridized carbons (Fsp3) is 0.436. The van der Waals surface area contributed by atoms with Gasteiger partial charge in [-0.1, -0.05) is 93.6 Å². The lowest BCUT2D eigenvalue weighted by atomic mass is 9.83. The minimum atomic E-state index is -1.04. The highest BCUT2D eigenvalue weighted by Gasteiger charge is 2.53. The highest BCUT2D eigenvalue weighted by molar-refractivity contribution is 5.89. The van der Waals surface area contributed by atoms with Gasteiger partial charge in [0.25, 0.3) is 0 Å².